The van der Waals surface area contributed by atoms with Gasteiger partial charge in [-0.3, -0.25) is 0 Å². The fraction of sp³-hybridized carbons (Fsp3) is 0.400. The van der Waals surface area contributed by atoms with Gasteiger partial charge in [0, 0.05) is 0 Å². The van der Waals surface area contributed by atoms with E-state index in [0.29, 0.717) is 5.92 Å². The van der Waals surface area contributed by atoms with Crippen molar-refractivity contribution in [1.82, 2.24) is 9.97 Å². The third-order valence-corrected chi connectivity index (χ3v) is 3.84. The van der Waals surface area contributed by atoms with Gasteiger partial charge in [0.05, 0.1) is 17.4 Å². The van der Waals surface area contributed by atoms with Crippen molar-refractivity contribution in [3.8, 4) is 11.3 Å². The van der Waals surface area contributed by atoms with E-state index in [1.807, 2.05) is 6.20 Å². The van der Waals surface area contributed by atoms with Crippen LogP contribution in [-0.4, -0.2) is 9.97 Å². The summed E-state index contributed by atoms with van der Waals surface area (Å²) in [5.41, 5.74) is 9.52. The molecule has 0 radical (unpaired) electrons. The van der Waals surface area contributed by atoms with Crippen molar-refractivity contribution in [3.05, 3.63) is 41.9 Å². The minimum absolute atomic E-state index is 0.317. The first-order chi connectivity index (χ1) is 8.57. The largest absolute Gasteiger partial charge is 0.340 e. The van der Waals surface area contributed by atoms with Crippen LogP contribution in [0, 0.1) is 12.8 Å². The van der Waals surface area contributed by atoms with Crippen LogP contribution in [0.15, 0.2) is 30.5 Å². The van der Waals surface area contributed by atoms with Crippen molar-refractivity contribution in [3.63, 3.8) is 0 Å². The first-order valence-electron chi connectivity index (χ1n) is 6.49. The van der Waals surface area contributed by atoms with Crippen LogP contribution in [0.1, 0.15) is 31.2 Å². The molecule has 2 aromatic rings. The second kappa shape index (κ2) is 3.95. The molecule has 0 spiro atoms. The van der Waals surface area contributed by atoms with Gasteiger partial charge in [0.1, 0.15) is 5.82 Å². The van der Waals surface area contributed by atoms with Crippen molar-refractivity contribution >= 4 is 0 Å². The molecule has 0 saturated heterocycles. The van der Waals surface area contributed by atoms with Crippen molar-refractivity contribution in [2.45, 2.75) is 32.2 Å². The average molecular weight is 241 g/mol. The molecule has 0 amide bonds. The van der Waals surface area contributed by atoms with Crippen molar-refractivity contribution in [2.75, 3.05) is 0 Å². The molecule has 1 aliphatic rings. The first-order valence-corrected chi connectivity index (χ1v) is 6.49. The smallest absolute Gasteiger partial charge is 0.126 e. The molecule has 1 unspecified atom stereocenters. The highest BCUT2D eigenvalue weighted by molar-refractivity contribution is 5.59. The van der Waals surface area contributed by atoms with Crippen LogP contribution in [0.25, 0.3) is 11.3 Å². The van der Waals surface area contributed by atoms with Gasteiger partial charge < -0.3 is 10.7 Å². The van der Waals surface area contributed by atoms with Crippen LogP contribution in [0.5, 0.6) is 0 Å². The summed E-state index contributed by atoms with van der Waals surface area (Å²) in [6, 6.07) is 8.41. The Morgan fingerprint density at radius 2 is 2.17 bits per heavy atom. The van der Waals surface area contributed by atoms with Gasteiger partial charge in [-0.2, -0.15) is 0 Å². The second-order valence-corrected chi connectivity index (χ2v) is 5.57. The Morgan fingerprint density at radius 3 is 2.83 bits per heavy atom. The molecule has 0 bridgehead atoms. The lowest BCUT2D eigenvalue weighted by Crippen LogP contribution is -2.36. The molecule has 3 heteroatoms. The molecule has 3 rings (SSSR count). The lowest BCUT2D eigenvalue weighted by atomic mass is 9.97. The van der Waals surface area contributed by atoms with E-state index >= 15 is 0 Å². The van der Waals surface area contributed by atoms with Gasteiger partial charge >= 0.3 is 0 Å². The number of aryl methyl sites for hydroxylation is 1. The average Bonchev–Trinajstić information content (AvgIpc) is 3.07. The predicted molar refractivity (Wildman–Crippen MR) is 73.0 cm³/mol. The van der Waals surface area contributed by atoms with E-state index in [4.69, 9.17) is 5.73 Å². The highest BCUT2D eigenvalue weighted by Crippen LogP contribution is 2.43. The third kappa shape index (κ3) is 1.95. The lowest BCUT2D eigenvalue weighted by Gasteiger charge is -2.21. The van der Waals surface area contributed by atoms with E-state index in [1.54, 1.807) is 0 Å². The number of aromatic nitrogens is 2. The summed E-state index contributed by atoms with van der Waals surface area (Å²) in [5.74, 6) is 1.48. The molecule has 1 saturated carbocycles. The first kappa shape index (κ1) is 11.5. The molecule has 0 aliphatic heterocycles. The summed E-state index contributed by atoms with van der Waals surface area (Å²) in [5, 5.41) is 0. The maximum atomic E-state index is 6.37. The molecule has 18 heavy (non-hydrogen) atoms. The Kier molecular flexibility index (Phi) is 2.52. The number of aromatic amines is 1. The molecule has 3 nitrogen and oxygen atoms in total. The van der Waals surface area contributed by atoms with Crippen LogP contribution in [0.4, 0.5) is 0 Å². The highest BCUT2D eigenvalue weighted by Gasteiger charge is 2.41. The van der Waals surface area contributed by atoms with Gasteiger partial charge in [-0.1, -0.05) is 23.8 Å². The van der Waals surface area contributed by atoms with E-state index in [-0.39, 0.29) is 5.54 Å². The van der Waals surface area contributed by atoms with Crippen molar-refractivity contribution in [2.24, 2.45) is 11.7 Å². The summed E-state index contributed by atoms with van der Waals surface area (Å²) in [6.07, 6.45) is 4.32. The van der Waals surface area contributed by atoms with Crippen molar-refractivity contribution in [1.29, 1.82) is 0 Å². The number of hydrogen-bond donors (Lipinski definition) is 2. The van der Waals surface area contributed by atoms with E-state index in [1.165, 1.54) is 24.0 Å². The molecule has 1 aromatic heterocycles. The van der Waals surface area contributed by atoms with Gasteiger partial charge in [0.2, 0.25) is 0 Å². The third-order valence-electron chi connectivity index (χ3n) is 3.84. The molecule has 3 N–H and O–H groups in total. The minimum Gasteiger partial charge on any atom is -0.340 e. The molecule has 1 aliphatic carbocycles. The Bertz CT molecular complexity index is 565. The highest BCUT2D eigenvalue weighted by atomic mass is 15.0. The zero-order valence-corrected chi connectivity index (χ0v) is 10.9. The Balaban J connectivity index is 1.94. The molecular formula is C15H19N3. The maximum absolute atomic E-state index is 6.37. The minimum atomic E-state index is -0.317. The SMILES string of the molecule is Cc1cccc(-c2cnc(C(C)(N)C3CC3)[nH]2)c1. The molecule has 1 aromatic carbocycles. The molecule has 1 fully saturated rings. The van der Waals surface area contributed by atoms with Gasteiger partial charge in [-0.15, -0.1) is 0 Å². The lowest BCUT2D eigenvalue weighted by molar-refractivity contribution is 0.404. The standard InChI is InChI=1S/C15H19N3/c1-10-4-3-5-11(8-10)13-9-17-14(18-13)15(2,16)12-6-7-12/h3-5,8-9,12H,6-7,16H2,1-2H3,(H,17,18). The summed E-state index contributed by atoms with van der Waals surface area (Å²) in [4.78, 5) is 7.86. The number of H-pyrrole nitrogens is 1. The van der Waals surface area contributed by atoms with Crippen LogP contribution >= 0.6 is 0 Å². The zero-order chi connectivity index (χ0) is 12.8. The van der Waals surface area contributed by atoms with Crippen LogP contribution in [0.2, 0.25) is 0 Å². The van der Waals surface area contributed by atoms with Gasteiger partial charge in [0.15, 0.2) is 0 Å². The number of benzene rings is 1. The maximum Gasteiger partial charge on any atom is 0.126 e. The van der Waals surface area contributed by atoms with Crippen LogP contribution < -0.4 is 5.73 Å². The van der Waals surface area contributed by atoms with Gasteiger partial charge in [-0.25, -0.2) is 4.98 Å². The summed E-state index contributed by atoms with van der Waals surface area (Å²) < 4.78 is 0. The summed E-state index contributed by atoms with van der Waals surface area (Å²) in [6.45, 7) is 4.17. The Labute approximate surface area is 107 Å². The number of hydrogen-bond acceptors (Lipinski definition) is 2. The van der Waals surface area contributed by atoms with Crippen LogP contribution in [0.3, 0.4) is 0 Å². The van der Waals surface area contributed by atoms with E-state index in [2.05, 4.69) is 48.1 Å². The van der Waals surface area contributed by atoms with Crippen LogP contribution in [-0.2, 0) is 5.54 Å². The number of nitrogens with zero attached hydrogens (tertiary/aromatic N) is 1. The zero-order valence-electron chi connectivity index (χ0n) is 10.9. The number of nitrogens with one attached hydrogen (secondary N) is 1. The number of nitrogens with two attached hydrogens (primary N) is 1. The number of imidazole rings is 1. The fourth-order valence-electron chi connectivity index (χ4n) is 2.43. The van der Waals surface area contributed by atoms with E-state index in [0.717, 1.165) is 11.5 Å². The fourth-order valence-corrected chi connectivity index (χ4v) is 2.43. The molecule has 1 atom stereocenters. The summed E-state index contributed by atoms with van der Waals surface area (Å²) >= 11 is 0. The predicted octanol–water partition coefficient (Wildman–Crippen LogP) is 2.97. The second-order valence-electron chi connectivity index (χ2n) is 5.57. The topological polar surface area (TPSA) is 54.7 Å². The van der Waals surface area contributed by atoms with Gasteiger partial charge in [-0.05, 0) is 44.2 Å². The van der Waals surface area contributed by atoms with E-state index in [9.17, 15) is 0 Å². The summed E-state index contributed by atoms with van der Waals surface area (Å²) in [7, 11) is 0. The Hall–Kier alpha value is -1.61. The molecule has 1 heterocycles. The van der Waals surface area contributed by atoms with Gasteiger partial charge in [0.25, 0.3) is 0 Å². The molecular weight excluding hydrogens is 222 g/mol. The monoisotopic (exact) mass is 241 g/mol. The quantitative estimate of drug-likeness (QED) is 0.868. The number of rotatable bonds is 3. The Morgan fingerprint density at radius 1 is 1.39 bits per heavy atom. The normalized spacial score (nSPS) is 18.6. The van der Waals surface area contributed by atoms with Crippen molar-refractivity contribution < 1.29 is 0 Å². The van der Waals surface area contributed by atoms with E-state index < -0.39 is 0 Å². The molecule has 94 valence electrons.